The number of carbonyl (C=O) groups excluding carboxylic acids is 1. The number of aromatic nitrogens is 1. The SMILES string of the molecule is O=C(CS[C@H]1CCS(=O)(=O)C1)Nc1nccs1. The number of rotatable bonds is 4. The van der Waals surface area contributed by atoms with Crippen molar-refractivity contribution in [3.63, 3.8) is 0 Å². The second kappa shape index (κ2) is 5.36. The molecule has 0 bridgehead atoms. The molecule has 1 aliphatic rings. The molecular weight excluding hydrogens is 280 g/mol. The fourth-order valence-electron chi connectivity index (χ4n) is 1.53. The maximum absolute atomic E-state index is 11.5. The summed E-state index contributed by atoms with van der Waals surface area (Å²) in [5.74, 6) is 0.593. The molecule has 0 spiro atoms. The normalized spacial score (nSPS) is 22.5. The van der Waals surface area contributed by atoms with Crippen LogP contribution in [-0.4, -0.2) is 41.8 Å². The van der Waals surface area contributed by atoms with Crippen LogP contribution in [0.1, 0.15) is 6.42 Å². The van der Waals surface area contributed by atoms with E-state index in [1.807, 2.05) is 0 Å². The molecular formula is C9H12N2O3S3. The second-order valence-electron chi connectivity index (χ2n) is 3.72. The van der Waals surface area contributed by atoms with Gasteiger partial charge in [-0.15, -0.1) is 23.1 Å². The lowest BCUT2D eigenvalue weighted by atomic mass is 10.4. The van der Waals surface area contributed by atoms with Gasteiger partial charge in [0.2, 0.25) is 5.91 Å². The molecule has 0 saturated carbocycles. The fourth-order valence-corrected chi connectivity index (χ4v) is 5.51. The minimum atomic E-state index is -2.86. The number of sulfone groups is 1. The van der Waals surface area contributed by atoms with Crippen LogP contribution in [0.2, 0.25) is 0 Å². The molecule has 0 unspecified atom stereocenters. The molecule has 0 aromatic carbocycles. The van der Waals surface area contributed by atoms with Gasteiger partial charge in [-0.05, 0) is 6.42 Å². The summed E-state index contributed by atoms with van der Waals surface area (Å²) in [7, 11) is -2.86. The standard InChI is InChI=1S/C9H12N2O3S3/c12-8(11-9-10-2-3-15-9)5-16-7-1-4-17(13,14)6-7/h2-3,7H,1,4-6H2,(H,10,11,12)/t7-/m0/s1. The zero-order valence-electron chi connectivity index (χ0n) is 8.96. The molecule has 2 heterocycles. The van der Waals surface area contributed by atoms with E-state index in [2.05, 4.69) is 10.3 Å². The first-order chi connectivity index (χ1) is 8.05. The van der Waals surface area contributed by atoms with Crippen LogP contribution in [0, 0.1) is 0 Å². The summed E-state index contributed by atoms with van der Waals surface area (Å²) in [4.78, 5) is 15.5. The van der Waals surface area contributed by atoms with Gasteiger partial charge in [0.25, 0.3) is 0 Å². The quantitative estimate of drug-likeness (QED) is 0.896. The average Bonchev–Trinajstić information content (AvgIpc) is 2.85. The molecule has 0 radical (unpaired) electrons. The Morgan fingerprint density at radius 3 is 3.06 bits per heavy atom. The van der Waals surface area contributed by atoms with Gasteiger partial charge in [-0.25, -0.2) is 13.4 Å². The third kappa shape index (κ3) is 3.97. The Kier molecular flexibility index (Phi) is 4.05. The van der Waals surface area contributed by atoms with Crippen molar-refractivity contribution in [2.24, 2.45) is 0 Å². The molecule has 2 rings (SSSR count). The lowest BCUT2D eigenvalue weighted by molar-refractivity contribution is -0.113. The number of thioether (sulfide) groups is 1. The highest BCUT2D eigenvalue weighted by molar-refractivity contribution is 8.02. The predicted octanol–water partition coefficient (Wildman–Crippen LogP) is 1.00. The van der Waals surface area contributed by atoms with Crippen molar-refractivity contribution in [3.8, 4) is 0 Å². The monoisotopic (exact) mass is 292 g/mol. The van der Waals surface area contributed by atoms with Crippen molar-refractivity contribution in [2.75, 3.05) is 22.6 Å². The number of hydrogen-bond acceptors (Lipinski definition) is 6. The van der Waals surface area contributed by atoms with Crippen LogP contribution in [0.3, 0.4) is 0 Å². The predicted molar refractivity (Wildman–Crippen MR) is 70.3 cm³/mol. The zero-order valence-corrected chi connectivity index (χ0v) is 11.4. The highest BCUT2D eigenvalue weighted by atomic mass is 32.2. The summed E-state index contributed by atoms with van der Waals surface area (Å²) in [5.41, 5.74) is 0. The van der Waals surface area contributed by atoms with Crippen LogP contribution in [0.15, 0.2) is 11.6 Å². The van der Waals surface area contributed by atoms with Gasteiger partial charge < -0.3 is 5.32 Å². The van der Waals surface area contributed by atoms with Gasteiger partial charge >= 0.3 is 0 Å². The Hall–Kier alpha value is -0.600. The first-order valence-electron chi connectivity index (χ1n) is 5.06. The lowest BCUT2D eigenvalue weighted by Gasteiger charge is -2.06. The third-order valence-electron chi connectivity index (χ3n) is 2.32. The number of anilines is 1. The minimum absolute atomic E-state index is 0.0574. The van der Waals surface area contributed by atoms with Gasteiger partial charge in [0, 0.05) is 16.8 Å². The molecule has 1 aromatic heterocycles. The summed E-state index contributed by atoms with van der Waals surface area (Å²) < 4.78 is 22.4. The van der Waals surface area contributed by atoms with E-state index in [0.29, 0.717) is 11.6 Å². The molecule has 1 aliphatic heterocycles. The Labute approximate surface area is 108 Å². The zero-order chi connectivity index (χ0) is 12.3. The number of nitrogens with zero attached hydrogens (tertiary/aromatic N) is 1. The summed E-state index contributed by atoms with van der Waals surface area (Å²) in [5, 5.41) is 5.08. The van der Waals surface area contributed by atoms with E-state index in [4.69, 9.17) is 0 Å². The molecule has 5 nitrogen and oxygen atoms in total. The van der Waals surface area contributed by atoms with Gasteiger partial charge in [-0.2, -0.15) is 0 Å². The molecule has 1 saturated heterocycles. The minimum Gasteiger partial charge on any atom is -0.301 e. The summed E-state index contributed by atoms with van der Waals surface area (Å²) in [6, 6.07) is 0. The van der Waals surface area contributed by atoms with Gasteiger partial charge in [0.1, 0.15) is 0 Å². The summed E-state index contributed by atoms with van der Waals surface area (Å²) in [6.07, 6.45) is 2.27. The molecule has 1 amide bonds. The van der Waals surface area contributed by atoms with Crippen molar-refractivity contribution >= 4 is 44.0 Å². The van der Waals surface area contributed by atoms with Crippen molar-refractivity contribution in [1.82, 2.24) is 4.98 Å². The van der Waals surface area contributed by atoms with Crippen molar-refractivity contribution in [1.29, 1.82) is 0 Å². The number of amides is 1. The Morgan fingerprint density at radius 2 is 2.47 bits per heavy atom. The van der Waals surface area contributed by atoms with Gasteiger partial charge in [0.05, 0.1) is 17.3 Å². The van der Waals surface area contributed by atoms with Crippen molar-refractivity contribution in [2.45, 2.75) is 11.7 Å². The second-order valence-corrected chi connectivity index (χ2v) is 8.13. The molecule has 8 heteroatoms. The van der Waals surface area contributed by atoms with Crippen molar-refractivity contribution in [3.05, 3.63) is 11.6 Å². The van der Waals surface area contributed by atoms with Crippen LogP contribution < -0.4 is 5.32 Å². The van der Waals surface area contributed by atoms with E-state index in [0.717, 1.165) is 0 Å². The summed E-state index contributed by atoms with van der Waals surface area (Å²) >= 11 is 2.76. The first-order valence-corrected chi connectivity index (χ1v) is 8.81. The average molecular weight is 292 g/mol. The van der Waals surface area contributed by atoms with Gasteiger partial charge in [-0.3, -0.25) is 4.79 Å². The van der Waals surface area contributed by atoms with Gasteiger partial charge in [-0.1, -0.05) is 0 Å². The first kappa shape index (κ1) is 12.8. The maximum Gasteiger partial charge on any atom is 0.236 e. The molecule has 94 valence electrons. The number of carbonyl (C=O) groups is 1. The van der Waals surface area contributed by atoms with E-state index in [1.165, 1.54) is 23.1 Å². The highest BCUT2D eigenvalue weighted by Gasteiger charge is 2.28. The molecule has 1 atom stereocenters. The molecule has 17 heavy (non-hydrogen) atoms. The van der Waals surface area contributed by atoms with Crippen LogP contribution in [-0.2, 0) is 14.6 Å². The molecule has 1 aromatic rings. The summed E-state index contributed by atoms with van der Waals surface area (Å²) in [6.45, 7) is 0. The topological polar surface area (TPSA) is 76.1 Å². The van der Waals surface area contributed by atoms with Crippen LogP contribution in [0.4, 0.5) is 5.13 Å². The van der Waals surface area contributed by atoms with E-state index < -0.39 is 9.84 Å². The molecule has 0 aliphatic carbocycles. The Morgan fingerprint density at radius 1 is 1.65 bits per heavy atom. The largest absolute Gasteiger partial charge is 0.301 e. The number of thiazole rings is 1. The smallest absolute Gasteiger partial charge is 0.236 e. The number of hydrogen-bond donors (Lipinski definition) is 1. The molecule has 1 N–H and O–H groups in total. The van der Waals surface area contributed by atoms with E-state index >= 15 is 0 Å². The van der Waals surface area contributed by atoms with E-state index in [1.54, 1.807) is 11.6 Å². The van der Waals surface area contributed by atoms with Crippen LogP contribution in [0.25, 0.3) is 0 Å². The van der Waals surface area contributed by atoms with Crippen molar-refractivity contribution < 1.29 is 13.2 Å². The van der Waals surface area contributed by atoms with Crippen LogP contribution >= 0.6 is 23.1 Å². The molecule has 1 fully saturated rings. The Bertz CT molecular complexity index is 484. The van der Waals surface area contributed by atoms with Gasteiger partial charge in [0.15, 0.2) is 15.0 Å². The van der Waals surface area contributed by atoms with E-state index in [9.17, 15) is 13.2 Å². The maximum atomic E-state index is 11.5. The fraction of sp³-hybridized carbons (Fsp3) is 0.556. The number of nitrogens with one attached hydrogen (secondary N) is 1. The lowest BCUT2D eigenvalue weighted by Crippen LogP contribution is -2.17. The van der Waals surface area contributed by atoms with Crippen LogP contribution in [0.5, 0.6) is 0 Å². The highest BCUT2D eigenvalue weighted by Crippen LogP contribution is 2.24. The Balaban J connectivity index is 1.74. The third-order valence-corrected chi connectivity index (χ3v) is 6.29. The van der Waals surface area contributed by atoms with E-state index in [-0.39, 0.29) is 28.4 Å².